The van der Waals surface area contributed by atoms with Gasteiger partial charge in [-0.3, -0.25) is 0 Å². The molecule has 0 aromatic heterocycles. The number of thioether (sulfide) groups is 1. The fraction of sp³-hybridized carbons (Fsp3) is 0.222. The third-order valence-corrected chi connectivity index (χ3v) is 2.17. The van der Waals surface area contributed by atoms with Gasteiger partial charge in [-0.05, 0) is 5.75 Å². The first kappa shape index (κ1) is 8.16. The highest BCUT2D eigenvalue weighted by molar-refractivity contribution is 7.99. The standard InChI is InChI=1S/C9H9NS/c1-3-11-9-6-4-8(10-2)5-7-9/h4-7H,3H2,1H3. The van der Waals surface area contributed by atoms with Crippen LogP contribution in [0.1, 0.15) is 6.92 Å². The first-order valence-corrected chi connectivity index (χ1v) is 4.45. The number of benzene rings is 1. The molecule has 56 valence electrons. The van der Waals surface area contributed by atoms with Crippen LogP contribution in [0.3, 0.4) is 0 Å². The minimum atomic E-state index is 0.713. The van der Waals surface area contributed by atoms with Crippen LogP contribution in [0.25, 0.3) is 4.85 Å². The van der Waals surface area contributed by atoms with E-state index in [1.165, 1.54) is 4.90 Å². The van der Waals surface area contributed by atoms with Crippen LogP contribution in [0.15, 0.2) is 29.2 Å². The van der Waals surface area contributed by atoms with Crippen molar-refractivity contribution < 1.29 is 0 Å². The second-order valence-electron chi connectivity index (χ2n) is 2.04. The molecule has 0 heterocycles. The summed E-state index contributed by atoms with van der Waals surface area (Å²) in [6, 6.07) is 7.68. The maximum absolute atomic E-state index is 6.73. The predicted octanol–water partition coefficient (Wildman–Crippen LogP) is 3.35. The summed E-state index contributed by atoms with van der Waals surface area (Å²) in [4.78, 5) is 4.55. The molecular formula is C9H9NS. The van der Waals surface area contributed by atoms with Crippen molar-refractivity contribution in [2.45, 2.75) is 11.8 Å². The molecule has 0 N–H and O–H groups in total. The van der Waals surface area contributed by atoms with Crippen molar-refractivity contribution in [3.05, 3.63) is 35.7 Å². The summed E-state index contributed by atoms with van der Waals surface area (Å²) in [6.07, 6.45) is 0. The van der Waals surface area contributed by atoms with Gasteiger partial charge < -0.3 is 0 Å². The van der Waals surface area contributed by atoms with Crippen LogP contribution < -0.4 is 0 Å². The largest absolute Gasteiger partial charge is 0.238 e. The van der Waals surface area contributed by atoms with Gasteiger partial charge in [0.25, 0.3) is 0 Å². The molecular weight excluding hydrogens is 154 g/mol. The number of rotatable bonds is 2. The lowest BCUT2D eigenvalue weighted by atomic mass is 10.3. The van der Waals surface area contributed by atoms with Gasteiger partial charge in [0.15, 0.2) is 5.69 Å². The van der Waals surface area contributed by atoms with Gasteiger partial charge in [0.05, 0.1) is 6.57 Å². The molecule has 0 atom stereocenters. The van der Waals surface area contributed by atoms with E-state index in [0.29, 0.717) is 5.69 Å². The van der Waals surface area contributed by atoms with E-state index in [9.17, 15) is 0 Å². The molecule has 0 aliphatic rings. The second kappa shape index (κ2) is 4.05. The van der Waals surface area contributed by atoms with Crippen molar-refractivity contribution >= 4 is 17.4 Å². The van der Waals surface area contributed by atoms with Crippen molar-refractivity contribution in [3.63, 3.8) is 0 Å². The van der Waals surface area contributed by atoms with Crippen molar-refractivity contribution in [1.29, 1.82) is 0 Å². The van der Waals surface area contributed by atoms with Crippen LogP contribution in [-0.4, -0.2) is 5.75 Å². The van der Waals surface area contributed by atoms with Gasteiger partial charge in [-0.25, -0.2) is 4.85 Å². The van der Waals surface area contributed by atoms with E-state index in [4.69, 9.17) is 6.57 Å². The highest BCUT2D eigenvalue weighted by Gasteiger charge is 1.91. The van der Waals surface area contributed by atoms with E-state index in [1.807, 2.05) is 24.3 Å². The summed E-state index contributed by atoms with van der Waals surface area (Å²) in [6.45, 7) is 8.85. The zero-order chi connectivity index (χ0) is 8.10. The third kappa shape index (κ3) is 2.28. The van der Waals surface area contributed by atoms with E-state index in [0.717, 1.165) is 5.75 Å². The van der Waals surface area contributed by atoms with E-state index < -0.39 is 0 Å². The molecule has 1 aromatic carbocycles. The predicted molar refractivity (Wildman–Crippen MR) is 49.1 cm³/mol. The van der Waals surface area contributed by atoms with Crippen LogP contribution in [0.5, 0.6) is 0 Å². The molecule has 1 aromatic rings. The van der Waals surface area contributed by atoms with E-state index in [1.54, 1.807) is 11.8 Å². The zero-order valence-electron chi connectivity index (χ0n) is 6.37. The molecule has 0 aliphatic carbocycles. The van der Waals surface area contributed by atoms with Gasteiger partial charge in [0.2, 0.25) is 0 Å². The van der Waals surface area contributed by atoms with Gasteiger partial charge in [-0.15, -0.1) is 11.8 Å². The Morgan fingerprint density at radius 1 is 1.36 bits per heavy atom. The van der Waals surface area contributed by atoms with Crippen LogP contribution in [0.4, 0.5) is 5.69 Å². The Morgan fingerprint density at radius 3 is 2.45 bits per heavy atom. The minimum absolute atomic E-state index is 0.713. The first-order valence-electron chi connectivity index (χ1n) is 3.47. The lowest BCUT2D eigenvalue weighted by Crippen LogP contribution is -1.69. The van der Waals surface area contributed by atoms with Gasteiger partial charge >= 0.3 is 0 Å². The fourth-order valence-electron chi connectivity index (χ4n) is 0.784. The molecule has 0 bridgehead atoms. The highest BCUT2D eigenvalue weighted by Crippen LogP contribution is 2.20. The number of hydrogen-bond donors (Lipinski definition) is 0. The summed E-state index contributed by atoms with van der Waals surface area (Å²) in [5.74, 6) is 1.08. The van der Waals surface area contributed by atoms with Crippen LogP contribution in [-0.2, 0) is 0 Å². The lowest BCUT2D eigenvalue weighted by molar-refractivity contribution is 1.43. The molecule has 1 rings (SSSR count). The number of hydrogen-bond acceptors (Lipinski definition) is 1. The van der Waals surface area contributed by atoms with Gasteiger partial charge in [0.1, 0.15) is 0 Å². The van der Waals surface area contributed by atoms with E-state index in [2.05, 4.69) is 11.8 Å². The van der Waals surface area contributed by atoms with Crippen molar-refractivity contribution in [3.8, 4) is 0 Å². The Balaban J connectivity index is 2.76. The third-order valence-electron chi connectivity index (χ3n) is 1.28. The Labute approximate surface area is 71.3 Å². The van der Waals surface area contributed by atoms with Gasteiger partial charge in [-0.1, -0.05) is 31.2 Å². The molecule has 2 heteroatoms. The maximum Gasteiger partial charge on any atom is 0.187 e. The molecule has 0 aliphatic heterocycles. The Kier molecular flexibility index (Phi) is 3.00. The topological polar surface area (TPSA) is 4.36 Å². The molecule has 0 fully saturated rings. The molecule has 0 spiro atoms. The first-order chi connectivity index (χ1) is 5.36. The molecule has 0 radical (unpaired) electrons. The van der Waals surface area contributed by atoms with E-state index >= 15 is 0 Å². The zero-order valence-corrected chi connectivity index (χ0v) is 7.19. The average molecular weight is 163 g/mol. The highest BCUT2D eigenvalue weighted by atomic mass is 32.2. The summed E-state index contributed by atoms with van der Waals surface area (Å²) in [5, 5.41) is 0. The summed E-state index contributed by atoms with van der Waals surface area (Å²) >= 11 is 1.79. The Morgan fingerprint density at radius 2 is 2.00 bits per heavy atom. The molecule has 0 amide bonds. The van der Waals surface area contributed by atoms with Crippen LogP contribution >= 0.6 is 11.8 Å². The quantitative estimate of drug-likeness (QED) is 0.478. The molecule has 0 saturated carbocycles. The van der Waals surface area contributed by atoms with Crippen LogP contribution in [0.2, 0.25) is 0 Å². The molecule has 0 unspecified atom stereocenters. The molecule has 1 nitrogen and oxygen atoms in total. The smallest absolute Gasteiger partial charge is 0.187 e. The molecule has 0 saturated heterocycles. The summed E-state index contributed by atoms with van der Waals surface area (Å²) < 4.78 is 0. The summed E-state index contributed by atoms with van der Waals surface area (Å²) in [7, 11) is 0. The van der Waals surface area contributed by atoms with Crippen molar-refractivity contribution in [2.24, 2.45) is 0 Å². The Hall–Kier alpha value is -0.940. The van der Waals surface area contributed by atoms with E-state index in [-0.39, 0.29) is 0 Å². The minimum Gasteiger partial charge on any atom is -0.238 e. The fourth-order valence-corrected chi connectivity index (χ4v) is 1.45. The van der Waals surface area contributed by atoms with Gasteiger partial charge in [-0.2, -0.15) is 0 Å². The monoisotopic (exact) mass is 163 g/mol. The normalized spacial score (nSPS) is 9.09. The molecule has 11 heavy (non-hydrogen) atoms. The number of nitrogens with zero attached hydrogens (tertiary/aromatic N) is 1. The lowest BCUT2D eigenvalue weighted by Gasteiger charge is -1.96. The maximum atomic E-state index is 6.73. The van der Waals surface area contributed by atoms with Crippen molar-refractivity contribution in [1.82, 2.24) is 0 Å². The SMILES string of the molecule is [C-]#[N+]c1ccc(SCC)cc1. The van der Waals surface area contributed by atoms with Crippen LogP contribution in [0, 0.1) is 6.57 Å². The average Bonchev–Trinajstić information content (AvgIpc) is 2.07. The Bertz CT molecular complexity index is 258. The second-order valence-corrected chi connectivity index (χ2v) is 3.38. The van der Waals surface area contributed by atoms with Gasteiger partial charge in [0, 0.05) is 4.90 Å². The van der Waals surface area contributed by atoms with Crippen molar-refractivity contribution in [2.75, 3.05) is 5.75 Å². The summed E-state index contributed by atoms with van der Waals surface area (Å²) in [5.41, 5.74) is 0.713.